The highest BCUT2D eigenvalue weighted by atomic mass is 16.5. The first-order valence-electron chi connectivity index (χ1n) is 5.88. The maximum Gasteiger partial charge on any atom is 0.238 e. The first kappa shape index (κ1) is 12.2. The monoisotopic (exact) mass is 243 g/mol. The lowest BCUT2D eigenvalue weighted by atomic mass is 10.1. The average Bonchev–Trinajstić information content (AvgIpc) is 2.42. The fourth-order valence-corrected chi connectivity index (χ4v) is 1.69. The summed E-state index contributed by atoms with van der Waals surface area (Å²) in [4.78, 5) is 4.26. The number of rotatable bonds is 5. The van der Waals surface area contributed by atoms with Gasteiger partial charge in [0.05, 0.1) is 12.8 Å². The van der Waals surface area contributed by atoms with Crippen LogP contribution >= 0.6 is 0 Å². The fraction of sp³-hybridized carbons (Fsp3) is 0.214. The largest absolute Gasteiger partial charge is 0.479 e. The molecule has 1 aromatic carbocycles. The van der Waals surface area contributed by atoms with Crippen LogP contribution in [0.3, 0.4) is 0 Å². The van der Waals surface area contributed by atoms with Gasteiger partial charge in [0.25, 0.3) is 0 Å². The Labute approximate surface area is 107 Å². The highest BCUT2D eigenvalue weighted by Gasteiger charge is 2.02. The molecule has 0 saturated carbocycles. The predicted octanol–water partition coefficient (Wildman–Crippen LogP) is 2.33. The number of hydrogen-bond acceptors (Lipinski definition) is 4. The maximum absolute atomic E-state index is 5.70. The van der Waals surface area contributed by atoms with Gasteiger partial charge in [-0.1, -0.05) is 30.3 Å². The van der Waals surface area contributed by atoms with Gasteiger partial charge in [-0.05, 0) is 24.1 Å². The van der Waals surface area contributed by atoms with E-state index in [-0.39, 0.29) is 0 Å². The molecule has 0 radical (unpaired) electrons. The van der Waals surface area contributed by atoms with Gasteiger partial charge in [0.2, 0.25) is 5.88 Å². The predicted molar refractivity (Wildman–Crippen MR) is 73.8 cm³/mol. The Morgan fingerprint density at radius 2 is 1.94 bits per heavy atom. The van der Waals surface area contributed by atoms with Crippen LogP contribution in [0.5, 0.6) is 5.88 Å². The standard InChI is InChI=1S/C14H17N3O/c1-18-14-12(15)7-8-13(17-14)16-10-9-11-5-3-2-4-6-11/h2-8H,9-10,15H2,1H3,(H,16,17). The van der Waals surface area contributed by atoms with E-state index in [2.05, 4.69) is 22.4 Å². The normalized spacial score (nSPS) is 10.1. The highest BCUT2D eigenvalue weighted by molar-refractivity contribution is 5.53. The lowest BCUT2D eigenvalue weighted by Gasteiger charge is -2.08. The summed E-state index contributed by atoms with van der Waals surface area (Å²) in [5.74, 6) is 1.23. The molecule has 0 fully saturated rings. The summed E-state index contributed by atoms with van der Waals surface area (Å²) < 4.78 is 5.07. The fourth-order valence-electron chi connectivity index (χ4n) is 1.69. The second-order valence-corrected chi connectivity index (χ2v) is 3.96. The number of benzene rings is 1. The molecule has 94 valence electrons. The van der Waals surface area contributed by atoms with Crippen molar-refractivity contribution in [2.75, 3.05) is 24.7 Å². The van der Waals surface area contributed by atoms with Gasteiger partial charge in [0.1, 0.15) is 5.82 Å². The molecule has 0 unspecified atom stereocenters. The molecule has 0 saturated heterocycles. The summed E-state index contributed by atoms with van der Waals surface area (Å²) in [5.41, 5.74) is 7.55. The second-order valence-electron chi connectivity index (χ2n) is 3.96. The van der Waals surface area contributed by atoms with E-state index in [4.69, 9.17) is 10.5 Å². The summed E-state index contributed by atoms with van der Waals surface area (Å²) in [6, 6.07) is 14.0. The van der Waals surface area contributed by atoms with Crippen molar-refractivity contribution < 1.29 is 4.74 Å². The van der Waals surface area contributed by atoms with Crippen molar-refractivity contribution in [3.05, 3.63) is 48.0 Å². The topological polar surface area (TPSA) is 60.2 Å². The van der Waals surface area contributed by atoms with E-state index >= 15 is 0 Å². The SMILES string of the molecule is COc1nc(NCCc2ccccc2)ccc1N. The highest BCUT2D eigenvalue weighted by Crippen LogP contribution is 2.19. The molecule has 2 rings (SSSR count). The van der Waals surface area contributed by atoms with Crippen LogP contribution in [0, 0.1) is 0 Å². The Morgan fingerprint density at radius 1 is 1.17 bits per heavy atom. The molecule has 4 nitrogen and oxygen atoms in total. The molecule has 4 heteroatoms. The molecule has 1 heterocycles. The average molecular weight is 243 g/mol. The zero-order chi connectivity index (χ0) is 12.8. The number of pyridine rings is 1. The summed E-state index contributed by atoms with van der Waals surface area (Å²) in [5, 5.41) is 3.25. The molecular weight excluding hydrogens is 226 g/mol. The van der Waals surface area contributed by atoms with Crippen molar-refractivity contribution >= 4 is 11.5 Å². The third kappa shape index (κ3) is 3.13. The lowest BCUT2D eigenvalue weighted by Crippen LogP contribution is -2.07. The van der Waals surface area contributed by atoms with E-state index in [1.54, 1.807) is 13.2 Å². The number of hydrogen-bond donors (Lipinski definition) is 2. The smallest absolute Gasteiger partial charge is 0.238 e. The van der Waals surface area contributed by atoms with Crippen LogP contribution < -0.4 is 15.8 Å². The second kappa shape index (κ2) is 5.91. The van der Waals surface area contributed by atoms with Gasteiger partial charge in [-0.2, -0.15) is 4.98 Å². The number of nitrogens with zero attached hydrogens (tertiary/aromatic N) is 1. The Kier molecular flexibility index (Phi) is 4.02. The molecule has 3 N–H and O–H groups in total. The Bertz CT molecular complexity index is 500. The van der Waals surface area contributed by atoms with Crippen LogP contribution in [0.25, 0.3) is 0 Å². The van der Waals surface area contributed by atoms with Crippen LogP contribution in [0.2, 0.25) is 0 Å². The number of aromatic nitrogens is 1. The van der Waals surface area contributed by atoms with Crippen LogP contribution in [0.1, 0.15) is 5.56 Å². The first-order chi connectivity index (χ1) is 8.79. The first-order valence-corrected chi connectivity index (χ1v) is 5.88. The van der Waals surface area contributed by atoms with Crippen LogP contribution in [-0.2, 0) is 6.42 Å². The molecule has 0 aliphatic rings. The van der Waals surface area contributed by atoms with Crippen molar-refractivity contribution in [1.82, 2.24) is 4.98 Å². The third-order valence-electron chi connectivity index (χ3n) is 2.65. The zero-order valence-electron chi connectivity index (χ0n) is 10.4. The number of anilines is 2. The number of ether oxygens (including phenoxy) is 1. The van der Waals surface area contributed by atoms with E-state index < -0.39 is 0 Å². The number of nitrogens with two attached hydrogens (primary N) is 1. The van der Waals surface area contributed by atoms with Crippen molar-refractivity contribution in [1.29, 1.82) is 0 Å². The summed E-state index contributed by atoms with van der Waals surface area (Å²) in [6.07, 6.45) is 0.954. The Hall–Kier alpha value is -2.23. The molecule has 0 atom stereocenters. The van der Waals surface area contributed by atoms with Gasteiger partial charge in [-0.3, -0.25) is 0 Å². The molecule has 0 aliphatic heterocycles. The van der Waals surface area contributed by atoms with Gasteiger partial charge < -0.3 is 15.8 Å². The molecule has 0 aliphatic carbocycles. The number of nitrogen functional groups attached to an aromatic ring is 1. The molecule has 1 aromatic heterocycles. The van der Waals surface area contributed by atoms with E-state index in [0.717, 1.165) is 18.8 Å². The summed E-state index contributed by atoms with van der Waals surface area (Å²) >= 11 is 0. The van der Waals surface area contributed by atoms with Crippen molar-refractivity contribution in [3.63, 3.8) is 0 Å². The van der Waals surface area contributed by atoms with Crippen molar-refractivity contribution in [3.8, 4) is 5.88 Å². The zero-order valence-corrected chi connectivity index (χ0v) is 10.4. The van der Waals surface area contributed by atoms with Crippen LogP contribution in [-0.4, -0.2) is 18.6 Å². The van der Waals surface area contributed by atoms with Crippen LogP contribution in [0.15, 0.2) is 42.5 Å². The third-order valence-corrected chi connectivity index (χ3v) is 2.65. The molecule has 0 amide bonds. The molecular formula is C14H17N3O. The quantitative estimate of drug-likeness (QED) is 0.846. The lowest BCUT2D eigenvalue weighted by molar-refractivity contribution is 0.401. The van der Waals surface area contributed by atoms with Crippen LogP contribution in [0.4, 0.5) is 11.5 Å². The Morgan fingerprint density at radius 3 is 2.67 bits per heavy atom. The summed E-state index contributed by atoms with van der Waals surface area (Å²) in [6.45, 7) is 0.823. The minimum absolute atomic E-state index is 0.458. The van der Waals surface area contributed by atoms with Gasteiger partial charge in [0, 0.05) is 6.54 Å². The number of nitrogens with one attached hydrogen (secondary N) is 1. The summed E-state index contributed by atoms with van der Waals surface area (Å²) in [7, 11) is 1.56. The number of methoxy groups -OCH3 is 1. The minimum atomic E-state index is 0.458. The molecule has 0 spiro atoms. The van der Waals surface area contributed by atoms with Gasteiger partial charge in [-0.25, -0.2) is 0 Å². The molecule has 2 aromatic rings. The molecule has 18 heavy (non-hydrogen) atoms. The molecule has 0 bridgehead atoms. The van der Waals surface area contributed by atoms with Crippen molar-refractivity contribution in [2.24, 2.45) is 0 Å². The van der Waals surface area contributed by atoms with E-state index in [1.807, 2.05) is 24.3 Å². The van der Waals surface area contributed by atoms with Gasteiger partial charge in [0.15, 0.2) is 0 Å². The van der Waals surface area contributed by atoms with E-state index in [0.29, 0.717) is 11.6 Å². The van der Waals surface area contributed by atoms with Crippen molar-refractivity contribution in [2.45, 2.75) is 6.42 Å². The van der Waals surface area contributed by atoms with Gasteiger partial charge in [-0.15, -0.1) is 0 Å². The van der Waals surface area contributed by atoms with Gasteiger partial charge >= 0.3 is 0 Å². The van der Waals surface area contributed by atoms with E-state index in [1.165, 1.54) is 5.56 Å². The Balaban J connectivity index is 1.91. The maximum atomic E-state index is 5.70. The minimum Gasteiger partial charge on any atom is -0.479 e. The van der Waals surface area contributed by atoms with E-state index in [9.17, 15) is 0 Å².